The minimum atomic E-state index is -0.237. The molecule has 4 aromatic rings. The highest BCUT2D eigenvalue weighted by Gasteiger charge is 2.31. The molecule has 0 amide bonds. The van der Waals surface area contributed by atoms with Gasteiger partial charge in [-0.05, 0) is 71.7 Å². The number of nitrogens with zero attached hydrogens (tertiary/aromatic N) is 1. The number of hydrogen-bond acceptors (Lipinski definition) is 5. The van der Waals surface area contributed by atoms with Crippen LogP contribution in [0, 0.1) is 0 Å². The quantitative estimate of drug-likeness (QED) is 0.307. The Bertz CT molecular complexity index is 1420. The highest BCUT2D eigenvalue weighted by atomic mass is 32.1. The molecule has 5 rings (SSSR count). The Morgan fingerprint density at radius 1 is 0.886 bits per heavy atom. The van der Waals surface area contributed by atoms with Gasteiger partial charge in [0.05, 0.1) is 26.0 Å². The van der Waals surface area contributed by atoms with Crippen molar-refractivity contribution in [3.63, 3.8) is 0 Å². The van der Waals surface area contributed by atoms with E-state index in [-0.39, 0.29) is 11.8 Å². The van der Waals surface area contributed by atoms with Gasteiger partial charge in [0.25, 0.3) is 0 Å². The number of anilines is 1. The van der Waals surface area contributed by atoms with Crippen LogP contribution in [0.15, 0.2) is 91.0 Å². The van der Waals surface area contributed by atoms with Crippen LogP contribution in [0.5, 0.6) is 17.2 Å². The first kappa shape index (κ1) is 22.6. The summed E-state index contributed by atoms with van der Waals surface area (Å²) in [5, 5.41) is 18.3. The number of nitrogens with one attached hydrogen (secondary N) is 2. The number of ether oxygens (including phenoxy) is 2. The highest BCUT2D eigenvalue weighted by molar-refractivity contribution is 7.80. The van der Waals surface area contributed by atoms with Gasteiger partial charge in [0.15, 0.2) is 5.11 Å². The summed E-state index contributed by atoms with van der Waals surface area (Å²) in [6.45, 7) is 0. The fourth-order valence-corrected chi connectivity index (χ4v) is 4.59. The zero-order valence-corrected chi connectivity index (χ0v) is 20.2. The minimum absolute atomic E-state index is 0.195. The van der Waals surface area contributed by atoms with Gasteiger partial charge in [0.1, 0.15) is 17.2 Å². The zero-order valence-electron chi connectivity index (χ0n) is 19.4. The van der Waals surface area contributed by atoms with E-state index < -0.39 is 0 Å². The molecule has 4 aromatic carbocycles. The van der Waals surface area contributed by atoms with Gasteiger partial charge in [-0.25, -0.2) is 0 Å². The summed E-state index contributed by atoms with van der Waals surface area (Å²) in [6.07, 6.45) is 2.07. The number of hydrogen-bond donors (Lipinski definition) is 3. The van der Waals surface area contributed by atoms with E-state index in [0.29, 0.717) is 10.7 Å². The second kappa shape index (κ2) is 9.56. The molecule has 7 heteroatoms. The Morgan fingerprint density at radius 3 is 2.31 bits per heavy atom. The highest BCUT2D eigenvalue weighted by Crippen LogP contribution is 2.39. The Balaban J connectivity index is 1.56. The van der Waals surface area contributed by atoms with Crippen molar-refractivity contribution in [1.29, 1.82) is 0 Å². The number of fused-ring (bicyclic) bond motifs is 1. The minimum Gasteiger partial charge on any atom is -0.507 e. The standard InChI is InChI=1S/C28H25N3O3S/c1-33-19-13-11-18(12-14-19)29-28(35)31-25(17-24(30-31)23-9-5-6-10-26(23)32)21-15-16-27(34-2)22-8-4-3-7-20(21)22/h3-17,25,30,32H,1-2H3,(H,29,35). The summed E-state index contributed by atoms with van der Waals surface area (Å²) < 4.78 is 10.9. The molecule has 0 saturated carbocycles. The number of aromatic hydroxyl groups is 1. The summed E-state index contributed by atoms with van der Waals surface area (Å²) in [5.41, 5.74) is 6.77. The summed E-state index contributed by atoms with van der Waals surface area (Å²) >= 11 is 5.84. The van der Waals surface area contributed by atoms with Gasteiger partial charge in [-0.1, -0.05) is 42.5 Å². The van der Waals surface area contributed by atoms with Crippen molar-refractivity contribution in [2.75, 3.05) is 19.5 Å². The topological polar surface area (TPSA) is 66.0 Å². The number of para-hydroxylation sites is 1. The number of phenolic OH excluding ortho intramolecular Hbond substituents is 1. The predicted octanol–water partition coefficient (Wildman–Crippen LogP) is 5.86. The number of benzene rings is 4. The van der Waals surface area contributed by atoms with Gasteiger partial charge in [-0.2, -0.15) is 0 Å². The van der Waals surface area contributed by atoms with Crippen LogP contribution in [0.3, 0.4) is 0 Å². The van der Waals surface area contributed by atoms with Crippen LogP contribution in [0.4, 0.5) is 5.69 Å². The van der Waals surface area contributed by atoms with Gasteiger partial charge >= 0.3 is 0 Å². The van der Waals surface area contributed by atoms with Gasteiger partial charge in [-0.3, -0.25) is 10.4 Å². The number of phenols is 1. The number of thiocarbonyl (C=S) groups is 1. The van der Waals surface area contributed by atoms with Crippen LogP contribution in [0.25, 0.3) is 16.5 Å². The first-order valence-electron chi connectivity index (χ1n) is 11.2. The van der Waals surface area contributed by atoms with Crippen molar-refractivity contribution < 1.29 is 14.6 Å². The molecule has 0 aromatic heterocycles. The maximum Gasteiger partial charge on any atom is 0.193 e. The molecule has 0 radical (unpaired) electrons. The van der Waals surface area contributed by atoms with E-state index in [1.807, 2.05) is 65.7 Å². The zero-order chi connectivity index (χ0) is 24.4. The summed E-state index contributed by atoms with van der Waals surface area (Å²) in [5.74, 6) is 1.78. The Morgan fingerprint density at radius 2 is 1.60 bits per heavy atom. The Labute approximate surface area is 209 Å². The fraction of sp³-hybridized carbons (Fsp3) is 0.107. The van der Waals surface area contributed by atoms with Gasteiger partial charge in [0.2, 0.25) is 0 Å². The monoisotopic (exact) mass is 483 g/mol. The molecule has 3 N–H and O–H groups in total. The third-order valence-corrected chi connectivity index (χ3v) is 6.35. The molecule has 0 bridgehead atoms. The fourth-order valence-electron chi connectivity index (χ4n) is 4.32. The van der Waals surface area contributed by atoms with Crippen LogP contribution in [0.2, 0.25) is 0 Å². The van der Waals surface area contributed by atoms with Crippen molar-refractivity contribution >= 4 is 39.5 Å². The van der Waals surface area contributed by atoms with Crippen LogP contribution in [-0.4, -0.2) is 29.4 Å². The SMILES string of the molecule is COc1ccc(NC(=S)N2NC(c3ccccc3O)=CC2c2ccc(OC)c3ccccc23)cc1. The van der Waals surface area contributed by atoms with Gasteiger partial charge in [0, 0.05) is 16.6 Å². The van der Waals surface area contributed by atoms with E-state index in [4.69, 9.17) is 21.7 Å². The van der Waals surface area contributed by atoms with Crippen molar-refractivity contribution in [2.45, 2.75) is 6.04 Å². The molecule has 1 aliphatic heterocycles. The average Bonchev–Trinajstić information content (AvgIpc) is 3.34. The molecule has 6 nitrogen and oxygen atoms in total. The lowest BCUT2D eigenvalue weighted by atomic mass is 9.97. The molecule has 176 valence electrons. The van der Waals surface area contributed by atoms with E-state index in [2.05, 4.69) is 29.0 Å². The summed E-state index contributed by atoms with van der Waals surface area (Å²) in [4.78, 5) is 0. The van der Waals surface area contributed by atoms with E-state index in [0.717, 1.165) is 39.2 Å². The smallest absolute Gasteiger partial charge is 0.193 e. The third kappa shape index (κ3) is 4.34. The van der Waals surface area contributed by atoms with Crippen LogP contribution in [0.1, 0.15) is 17.2 Å². The van der Waals surface area contributed by atoms with E-state index >= 15 is 0 Å². The van der Waals surface area contributed by atoms with E-state index in [1.54, 1.807) is 26.4 Å². The maximum absolute atomic E-state index is 10.5. The van der Waals surface area contributed by atoms with Crippen LogP contribution < -0.4 is 20.2 Å². The van der Waals surface area contributed by atoms with Crippen molar-refractivity contribution in [2.24, 2.45) is 0 Å². The maximum atomic E-state index is 10.5. The Kier molecular flexibility index (Phi) is 6.16. The molecule has 0 spiro atoms. The normalized spacial score (nSPS) is 14.9. The lowest BCUT2D eigenvalue weighted by Crippen LogP contribution is -2.42. The van der Waals surface area contributed by atoms with Crippen LogP contribution in [-0.2, 0) is 0 Å². The first-order chi connectivity index (χ1) is 17.1. The van der Waals surface area contributed by atoms with Crippen molar-refractivity contribution in [3.05, 3.63) is 102 Å². The second-order valence-corrected chi connectivity index (χ2v) is 8.47. The van der Waals surface area contributed by atoms with E-state index in [9.17, 15) is 5.11 Å². The largest absolute Gasteiger partial charge is 0.507 e. The third-order valence-electron chi connectivity index (χ3n) is 6.05. The molecule has 0 fully saturated rings. The molecule has 0 saturated heterocycles. The molecular weight excluding hydrogens is 458 g/mol. The molecule has 1 heterocycles. The van der Waals surface area contributed by atoms with Crippen molar-refractivity contribution in [1.82, 2.24) is 10.4 Å². The number of hydrazine groups is 1. The van der Waals surface area contributed by atoms with E-state index in [1.165, 1.54) is 0 Å². The molecule has 0 aliphatic carbocycles. The lowest BCUT2D eigenvalue weighted by Gasteiger charge is -2.29. The van der Waals surface area contributed by atoms with Crippen molar-refractivity contribution in [3.8, 4) is 17.2 Å². The number of rotatable bonds is 5. The molecule has 1 unspecified atom stereocenters. The summed E-state index contributed by atoms with van der Waals surface area (Å²) in [6, 6.07) is 26.8. The Hall–Kier alpha value is -4.23. The first-order valence-corrected chi connectivity index (χ1v) is 11.6. The molecule has 1 atom stereocenters. The van der Waals surface area contributed by atoms with Gasteiger partial charge < -0.3 is 19.9 Å². The second-order valence-electron chi connectivity index (χ2n) is 8.09. The van der Waals surface area contributed by atoms with Gasteiger partial charge in [-0.15, -0.1) is 0 Å². The van der Waals surface area contributed by atoms with Crippen LogP contribution >= 0.6 is 12.2 Å². The molecule has 1 aliphatic rings. The molecule has 35 heavy (non-hydrogen) atoms. The summed E-state index contributed by atoms with van der Waals surface area (Å²) in [7, 11) is 3.31. The average molecular weight is 484 g/mol. The lowest BCUT2D eigenvalue weighted by molar-refractivity contribution is 0.349. The molecular formula is C28H25N3O3S. The number of methoxy groups -OCH3 is 2. The predicted molar refractivity (Wildman–Crippen MR) is 144 cm³/mol.